The minimum atomic E-state index is -0.331. The maximum absolute atomic E-state index is 12.4. The van der Waals surface area contributed by atoms with Gasteiger partial charge in [-0.05, 0) is 43.9 Å². The Balaban J connectivity index is 1.80. The van der Waals surface area contributed by atoms with Crippen LogP contribution in [0.3, 0.4) is 0 Å². The molecule has 0 aliphatic heterocycles. The number of carbonyl (C=O) groups is 1. The Kier molecular flexibility index (Phi) is 4.88. The van der Waals surface area contributed by atoms with E-state index < -0.39 is 0 Å². The van der Waals surface area contributed by atoms with E-state index in [9.17, 15) is 9.59 Å². The first-order valence-corrected chi connectivity index (χ1v) is 8.51. The Labute approximate surface area is 141 Å². The van der Waals surface area contributed by atoms with Crippen LogP contribution in [0, 0.1) is 5.92 Å². The summed E-state index contributed by atoms with van der Waals surface area (Å²) in [7, 11) is 1.54. The molecule has 1 amide bonds. The summed E-state index contributed by atoms with van der Waals surface area (Å²) in [6.45, 7) is 2.03. The third-order valence-corrected chi connectivity index (χ3v) is 4.87. The maximum Gasteiger partial charge on any atom is 0.287 e. The molecule has 24 heavy (non-hydrogen) atoms. The summed E-state index contributed by atoms with van der Waals surface area (Å²) in [6.07, 6.45) is 6.00. The molecule has 1 aromatic heterocycles. The van der Waals surface area contributed by atoms with Crippen molar-refractivity contribution in [3.05, 3.63) is 40.2 Å². The lowest BCUT2D eigenvalue weighted by Gasteiger charge is -2.28. The average molecular weight is 329 g/mol. The predicted molar refractivity (Wildman–Crippen MR) is 92.5 cm³/mol. The van der Waals surface area contributed by atoms with E-state index in [1.54, 1.807) is 18.2 Å². The first-order chi connectivity index (χ1) is 11.6. The van der Waals surface area contributed by atoms with E-state index in [0.717, 1.165) is 12.8 Å². The molecule has 3 rings (SSSR count). The molecule has 0 unspecified atom stereocenters. The van der Waals surface area contributed by atoms with Crippen LogP contribution in [0.25, 0.3) is 11.0 Å². The molecule has 1 heterocycles. The fourth-order valence-electron chi connectivity index (χ4n) is 3.40. The van der Waals surface area contributed by atoms with E-state index in [4.69, 9.17) is 9.15 Å². The molecule has 0 radical (unpaired) electrons. The predicted octanol–water partition coefficient (Wildman–Crippen LogP) is 3.50. The molecule has 1 atom stereocenters. The highest BCUT2D eigenvalue weighted by atomic mass is 16.5. The molecule has 5 heteroatoms. The average Bonchev–Trinajstić information content (AvgIpc) is 2.62. The Hall–Kier alpha value is -2.30. The van der Waals surface area contributed by atoms with Gasteiger partial charge in [0.25, 0.3) is 5.91 Å². The van der Waals surface area contributed by atoms with Crippen molar-refractivity contribution in [3.8, 4) is 5.75 Å². The largest absolute Gasteiger partial charge is 0.497 e. The summed E-state index contributed by atoms with van der Waals surface area (Å²) < 4.78 is 10.7. The molecule has 0 spiro atoms. The molecule has 1 aliphatic carbocycles. The highest BCUT2D eigenvalue weighted by Gasteiger charge is 2.23. The van der Waals surface area contributed by atoms with Crippen molar-refractivity contribution in [2.45, 2.75) is 45.1 Å². The molecule has 1 N–H and O–H groups in total. The third-order valence-electron chi connectivity index (χ3n) is 4.87. The molecular weight excluding hydrogens is 306 g/mol. The molecule has 1 aromatic carbocycles. The van der Waals surface area contributed by atoms with Crippen molar-refractivity contribution >= 4 is 16.9 Å². The molecule has 1 fully saturated rings. The summed E-state index contributed by atoms with van der Waals surface area (Å²) in [5.41, 5.74) is 0.143. The van der Waals surface area contributed by atoms with Gasteiger partial charge in [0.1, 0.15) is 11.3 Å². The summed E-state index contributed by atoms with van der Waals surface area (Å²) in [4.78, 5) is 24.7. The van der Waals surface area contributed by atoms with Gasteiger partial charge in [0, 0.05) is 12.1 Å². The van der Waals surface area contributed by atoms with Crippen molar-refractivity contribution in [2.75, 3.05) is 7.11 Å². The number of rotatable bonds is 4. The Morgan fingerprint density at radius 2 is 2.00 bits per heavy atom. The number of ether oxygens (including phenoxy) is 1. The van der Waals surface area contributed by atoms with E-state index in [2.05, 4.69) is 5.32 Å². The lowest BCUT2D eigenvalue weighted by atomic mass is 9.84. The zero-order valence-corrected chi connectivity index (χ0v) is 14.1. The van der Waals surface area contributed by atoms with E-state index >= 15 is 0 Å². The van der Waals surface area contributed by atoms with Gasteiger partial charge in [0.2, 0.25) is 0 Å². The van der Waals surface area contributed by atoms with Crippen molar-refractivity contribution in [1.82, 2.24) is 5.32 Å². The zero-order valence-electron chi connectivity index (χ0n) is 14.1. The van der Waals surface area contributed by atoms with Gasteiger partial charge in [0.15, 0.2) is 11.2 Å². The standard InChI is InChI=1S/C19H23NO4/c1-12(13-6-4-3-5-7-13)20-19(22)18-11-16(21)15-10-14(23-2)8-9-17(15)24-18/h8-13H,3-7H2,1-2H3,(H,20,22)/t12-/m0/s1. The number of amides is 1. The lowest BCUT2D eigenvalue weighted by molar-refractivity contribution is 0.0891. The first kappa shape index (κ1) is 16.6. The van der Waals surface area contributed by atoms with Gasteiger partial charge in [-0.15, -0.1) is 0 Å². The quantitative estimate of drug-likeness (QED) is 0.932. The van der Waals surface area contributed by atoms with E-state index in [1.807, 2.05) is 6.92 Å². The Morgan fingerprint density at radius 1 is 1.25 bits per heavy atom. The van der Waals surface area contributed by atoms with Crippen LogP contribution in [0.15, 0.2) is 33.5 Å². The van der Waals surface area contributed by atoms with Crippen LogP contribution in [-0.4, -0.2) is 19.1 Å². The van der Waals surface area contributed by atoms with Crippen molar-refractivity contribution < 1.29 is 13.9 Å². The summed E-state index contributed by atoms with van der Waals surface area (Å²) in [6, 6.07) is 6.31. The minimum Gasteiger partial charge on any atom is -0.497 e. The second-order valence-corrected chi connectivity index (χ2v) is 6.50. The number of carbonyl (C=O) groups excluding carboxylic acids is 1. The third kappa shape index (κ3) is 3.45. The topological polar surface area (TPSA) is 68.5 Å². The second-order valence-electron chi connectivity index (χ2n) is 6.50. The SMILES string of the molecule is COc1ccc2oc(C(=O)N[C@@H](C)C3CCCCC3)cc(=O)c2c1. The maximum atomic E-state index is 12.4. The molecule has 2 aromatic rings. The van der Waals surface area contributed by atoms with Crippen LogP contribution in [0.2, 0.25) is 0 Å². The molecular formula is C19H23NO4. The molecule has 1 aliphatic rings. The number of methoxy groups -OCH3 is 1. The monoisotopic (exact) mass is 329 g/mol. The van der Waals surface area contributed by atoms with Gasteiger partial charge in [0.05, 0.1) is 12.5 Å². The smallest absolute Gasteiger partial charge is 0.287 e. The van der Waals surface area contributed by atoms with Crippen LogP contribution in [0.1, 0.15) is 49.6 Å². The normalized spacial score (nSPS) is 16.8. The van der Waals surface area contributed by atoms with Crippen LogP contribution < -0.4 is 15.5 Å². The van der Waals surface area contributed by atoms with Crippen LogP contribution in [0.5, 0.6) is 5.75 Å². The van der Waals surface area contributed by atoms with Crippen LogP contribution >= 0.6 is 0 Å². The van der Waals surface area contributed by atoms with Gasteiger partial charge in [-0.3, -0.25) is 9.59 Å². The number of fused-ring (bicyclic) bond motifs is 1. The van der Waals surface area contributed by atoms with Crippen LogP contribution in [-0.2, 0) is 0 Å². The fraction of sp³-hybridized carbons (Fsp3) is 0.474. The Morgan fingerprint density at radius 3 is 2.71 bits per heavy atom. The van der Waals surface area contributed by atoms with Crippen molar-refractivity contribution in [3.63, 3.8) is 0 Å². The fourth-order valence-corrected chi connectivity index (χ4v) is 3.40. The van der Waals surface area contributed by atoms with Crippen molar-refractivity contribution in [2.24, 2.45) is 5.92 Å². The number of hydrogen-bond acceptors (Lipinski definition) is 4. The van der Waals surface area contributed by atoms with Gasteiger partial charge in [-0.1, -0.05) is 19.3 Å². The summed E-state index contributed by atoms with van der Waals surface area (Å²) in [5.74, 6) is 0.806. The Bertz CT molecular complexity index is 790. The molecule has 0 saturated heterocycles. The zero-order chi connectivity index (χ0) is 17.1. The summed E-state index contributed by atoms with van der Waals surface area (Å²) >= 11 is 0. The lowest BCUT2D eigenvalue weighted by Crippen LogP contribution is -2.39. The van der Waals surface area contributed by atoms with Crippen LogP contribution in [0.4, 0.5) is 0 Å². The highest BCUT2D eigenvalue weighted by molar-refractivity contribution is 5.93. The number of hydrogen-bond donors (Lipinski definition) is 1. The van der Waals surface area contributed by atoms with E-state index in [0.29, 0.717) is 22.6 Å². The van der Waals surface area contributed by atoms with E-state index in [1.165, 1.54) is 32.4 Å². The second kappa shape index (κ2) is 7.07. The van der Waals surface area contributed by atoms with Gasteiger partial charge in [-0.2, -0.15) is 0 Å². The molecule has 1 saturated carbocycles. The molecule has 128 valence electrons. The van der Waals surface area contributed by atoms with Gasteiger partial charge >= 0.3 is 0 Å². The van der Waals surface area contributed by atoms with Gasteiger partial charge in [-0.25, -0.2) is 0 Å². The van der Waals surface area contributed by atoms with Crippen molar-refractivity contribution in [1.29, 1.82) is 0 Å². The number of nitrogens with one attached hydrogen (secondary N) is 1. The number of benzene rings is 1. The minimum absolute atomic E-state index is 0.0559. The van der Waals surface area contributed by atoms with E-state index in [-0.39, 0.29) is 23.1 Å². The van der Waals surface area contributed by atoms with Gasteiger partial charge < -0.3 is 14.5 Å². The first-order valence-electron chi connectivity index (χ1n) is 8.51. The molecule has 5 nitrogen and oxygen atoms in total. The molecule has 0 bridgehead atoms. The highest BCUT2D eigenvalue weighted by Crippen LogP contribution is 2.26. The summed E-state index contributed by atoms with van der Waals surface area (Å²) in [5, 5.41) is 3.39.